The van der Waals surface area contributed by atoms with Crippen LogP contribution in [0.25, 0.3) is 0 Å². The summed E-state index contributed by atoms with van der Waals surface area (Å²) >= 11 is 2.94. The molecule has 1 aromatic rings. The molecule has 98 valence electrons. The molecule has 1 aromatic carbocycles. The predicted molar refractivity (Wildman–Crippen MR) is 59.3 cm³/mol. The van der Waals surface area contributed by atoms with E-state index in [1.165, 1.54) is 0 Å². The van der Waals surface area contributed by atoms with Crippen molar-refractivity contribution < 1.29 is 28.3 Å². The van der Waals surface area contributed by atoms with E-state index in [0.717, 1.165) is 6.07 Å². The van der Waals surface area contributed by atoms with E-state index >= 15 is 0 Å². The Kier molecular flexibility index (Phi) is 4.54. The summed E-state index contributed by atoms with van der Waals surface area (Å²) in [5, 5.41) is 19.5. The van der Waals surface area contributed by atoms with Gasteiger partial charge in [0.1, 0.15) is 11.3 Å². The molecule has 0 atom stereocenters. The van der Waals surface area contributed by atoms with Gasteiger partial charge in [-0.25, -0.2) is 4.79 Å². The number of hydrogen-bond acceptors (Lipinski definition) is 4. The zero-order valence-corrected chi connectivity index (χ0v) is 10.2. The maximum absolute atomic E-state index is 12.1. The number of alkyl halides is 3. The highest BCUT2D eigenvalue weighted by molar-refractivity contribution is 9.08. The Morgan fingerprint density at radius 1 is 1.56 bits per heavy atom. The lowest BCUT2D eigenvalue weighted by atomic mass is 10.1. The number of nitrogens with zero attached hydrogens (tertiary/aromatic N) is 1. The average molecular weight is 326 g/mol. The standard InChI is InChI=1S/C9H6BrF2NO5/c10-3-4-1-7(18-9(11)12)5(8(14)15)2-6(4)13(16)17/h1-2,9H,3H2,(H,14,15). The fourth-order valence-corrected chi connectivity index (χ4v) is 1.70. The largest absolute Gasteiger partial charge is 0.478 e. The van der Waals surface area contributed by atoms with Crippen molar-refractivity contribution in [2.45, 2.75) is 11.9 Å². The monoisotopic (exact) mass is 325 g/mol. The summed E-state index contributed by atoms with van der Waals surface area (Å²) in [6.45, 7) is -3.22. The molecule has 0 saturated heterocycles. The van der Waals surface area contributed by atoms with Gasteiger partial charge in [0.2, 0.25) is 0 Å². The van der Waals surface area contributed by atoms with Crippen molar-refractivity contribution in [3.05, 3.63) is 33.4 Å². The van der Waals surface area contributed by atoms with Crippen LogP contribution in [0.3, 0.4) is 0 Å². The number of ether oxygens (including phenoxy) is 1. The van der Waals surface area contributed by atoms with Crippen LogP contribution in [0.2, 0.25) is 0 Å². The average Bonchev–Trinajstić information content (AvgIpc) is 2.26. The second-order valence-corrected chi connectivity index (χ2v) is 3.61. The molecule has 0 fully saturated rings. The van der Waals surface area contributed by atoms with Crippen molar-refractivity contribution in [1.82, 2.24) is 0 Å². The third kappa shape index (κ3) is 3.13. The summed E-state index contributed by atoms with van der Waals surface area (Å²) in [5.74, 6) is -2.20. The highest BCUT2D eigenvalue weighted by Crippen LogP contribution is 2.31. The second kappa shape index (κ2) is 5.71. The molecule has 9 heteroatoms. The summed E-state index contributed by atoms with van der Waals surface area (Å²) in [7, 11) is 0. The van der Waals surface area contributed by atoms with Crippen LogP contribution in [0.4, 0.5) is 14.5 Å². The number of nitro benzene ring substituents is 1. The number of halogens is 3. The molecule has 0 heterocycles. The lowest BCUT2D eigenvalue weighted by Gasteiger charge is -2.09. The molecule has 0 amide bonds. The molecule has 18 heavy (non-hydrogen) atoms. The van der Waals surface area contributed by atoms with Crippen LogP contribution in [0.1, 0.15) is 15.9 Å². The van der Waals surface area contributed by atoms with Crippen LogP contribution in [-0.2, 0) is 5.33 Å². The zero-order chi connectivity index (χ0) is 13.9. The van der Waals surface area contributed by atoms with Gasteiger partial charge in [0.05, 0.1) is 4.92 Å². The fraction of sp³-hybridized carbons (Fsp3) is 0.222. The van der Waals surface area contributed by atoms with Crippen molar-refractivity contribution in [2.75, 3.05) is 0 Å². The molecule has 0 aromatic heterocycles. The third-order valence-corrected chi connectivity index (χ3v) is 2.57. The molecule has 0 saturated carbocycles. The van der Waals surface area contributed by atoms with E-state index in [0.29, 0.717) is 6.07 Å². The van der Waals surface area contributed by atoms with Gasteiger partial charge in [-0.05, 0) is 6.07 Å². The van der Waals surface area contributed by atoms with E-state index in [2.05, 4.69) is 20.7 Å². The van der Waals surface area contributed by atoms with Crippen LogP contribution >= 0.6 is 15.9 Å². The van der Waals surface area contributed by atoms with Gasteiger partial charge in [-0.2, -0.15) is 8.78 Å². The number of carboxylic acids is 1. The van der Waals surface area contributed by atoms with Gasteiger partial charge >= 0.3 is 12.6 Å². The maximum atomic E-state index is 12.1. The van der Waals surface area contributed by atoms with E-state index in [-0.39, 0.29) is 10.9 Å². The van der Waals surface area contributed by atoms with Gasteiger partial charge in [0.25, 0.3) is 5.69 Å². The van der Waals surface area contributed by atoms with Gasteiger partial charge in [0.15, 0.2) is 0 Å². The molecular formula is C9H6BrF2NO5. The molecule has 0 radical (unpaired) electrons. The Balaban J connectivity index is 3.41. The molecule has 0 aliphatic heterocycles. The minimum absolute atomic E-state index is 0.00279. The first kappa shape index (κ1) is 14.3. The Morgan fingerprint density at radius 3 is 2.56 bits per heavy atom. The highest BCUT2D eigenvalue weighted by Gasteiger charge is 2.23. The van der Waals surface area contributed by atoms with Gasteiger partial charge in [-0.15, -0.1) is 0 Å². The number of rotatable bonds is 5. The minimum Gasteiger partial charge on any atom is -0.478 e. The first-order valence-electron chi connectivity index (χ1n) is 4.42. The molecule has 0 unspecified atom stereocenters. The summed E-state index contributed by atoms with van der Waals surface area (Å²) in [6, 6.07) is 1.60. The maximum Gasteiger partial charge on any atom is 0.387 e. The first-order valence-corrected chi connectivity index (χ1v) is 5.54. The predicted octanol–water partition coefficient (Wildman–Crippen LogP) is 2.79. The smallest absolute Gasteiger partial charge is 0.387 e. The van der Waals surface area contributed by atoms with E-state index in [4.69, 9.17) is 5.11 Å². The summed E-state index contributed by atoms with van der Waals surface area (Å²) in [6.07, 6.45) is 0. The van der Waals surface area contributed by atoms with E-state index in [1.54, 1.807) is 0 Å². The lowest BCUT2D eigenvalue weighted by molar-refractivity contribution is -0.385. The fourth-order valence-electron chi connectivity index (χ4n) is 1.25. The van der Waals surface area contributed by atoms with E-state index in [9.17, 15) is 23.7 Å². The van der Waals surface area contributed by atoms with Gasteiger partial charge in [-0.1, -0.05) is 15.9 Å². The topological polar surface area (TPSA) is 89.7 Å². The van der Waals surface area contributed by atoms with Crippen LogP contribution < -0.4 is 4.74 Å². The zero-order valence-electron chi connectivity index (χ0n) is 8.60. The number of aromatic carboxylic acids is 1. The molecule has 0 spiro atoms. The van der Waals surface area contributed by atoms with Crippen molar-refractivity contribution >= 4 is 27.6 Å². The number of carbonyl (C=O) groups is 1. The minimum atomic E-state index is -3.22. The van der Waals surface area contributed by atoms with Gasteiger partial charge < -0.3 is 9.84 Å². The number of nitro groups is 1. The van der Waals surface area contributed by atoms with Crippen molar-refractivity contribution in [1.29, 1.82) is 0 Å². The highest BCUT2D eigenvalue weighted by atomic mass is 79.9. The molecule has 0 aliphatic carbocycles. The second-order valence-electron chi connectivity index (χ2n) is 3.05. The van der Waals surface area contributed by atoms with Crippen LogP contribution in [-0.4, -0.2) is 22.6 Å². The van der Waals surface area contributed by atoms with Crippen LogP contribution in [0, 0.1) is 10.1 Å². The molecule has 1 rings (SSSR count). The van der Waals surface area contributed by atoms with E-state index < -0.39 is 34.5 Å². The Labute approximate surface area is 107 Å². The lowest BCUT2D eigenvalue weighted by Crippen LogP contribution is -2.09. The van der Waals surface area contributed by atoms with Crippen molar-refractivity contribution in [3.63, 3.8) is 0 Å². The summed E-state index contributed by atoms with van der Waals surface area (Å²) in [5.41, 5.74) is -1.13. The SMILES string of the molecule is O=C(O)c1cc([N+](=O)[O-])c(CBr)cc1OC(F)F. The number of hydrogen-bond donors (Lipinski definition) is 1. The molecule has 1 N–H and O–H groups in total. The quantitative estimate of drug-likeness (QED) is 0.510. The van der Waals surface area contributed by atoms with Crippen LogP contribution in [0.5, 0.6) is 5.75 Å². The normalized spacial score (nSPS) is 10.4. The Hall–Kier alpha value is -1.77. The first-order chi connectivity index (χ1) is 8.36. The Morgan fingerprint density at radius 2 is 2.17 bits per heavy atom. The molecule has 6 nitrogen and oxygen atoms in total. The van der Waals surface area contributed by atoms with Gasteiger partial charge in [-0.3, -0.25) is 10.1 Å². The van der Waals surface area contributed by atoms with Crippen molar-refractivity contribution in [2.24, 2.45) is 0 Å². The third-order valence-electron chi connectivity index (χ3n) is 1.97. The van der Waals surface area contributed by atoms with E-state index in [1.807, 2.05) is 0 Å². The van der Waals surface area contributed by atoms with Crippen molar-refractivity contribution in [3.8, 4) is 5.75 Å². The number of benzene rings is 1. The number of carboxylic acid groups (broad SMARTS) is 1. The molecule has 0 aliphatic rings. The molecule has 0 bridgehead atoms. The Bertz CT molecular complexity index is 494. The van der Waals surface area contributed by atoms with Crippen LogP contribution in [0.15, 0.2) is 12.1 Å². The summed E-state index contributed by atoms with van der Waals surface area (Å²) < 4.78 is 28.2. The molecular weight excluding hydrogens is 320 g/mol. The van der Waals surface area contributed by atoms with Gasteiger partial charge in [0, 0.05) is 17.0 Å². The summed E-state index contributed by atoms with van der Waals surface area (Å²) in [4.78, 5) is 20.7.